The van der Waals surface area contributed by atoms with Crippen LogP contribution in [0.2, 0.25) is 0 Å². The summed E-state index contributed by atoms with van der Waals surface area (Å²) in [6.45, 7) is 5.12. The molecule has 2 heterocycles. The molecule has 0 bridgehead atoms. The SMILES string of the molecule is CC(C)c1nc(COc2ccc(CNC3CC3)nc2)no1. The first-order valence-electron chi connectivity index (χ1n) is 7.34. The molecule has 0 aromatic carbocycles. The molecule has 0 atom stereocenters. The maximum atomic E-state index is 5.61. The lowest BCUT2D eigenvalue weighted by molar-refractivity contribution is 0.283. The molecule has 1 fully saturated rings. The third-order valence-corrected chi connectivity index (χ3v) is 3.29. The Morgan fingerprint density at radius 3 is 2.86 bits per heavy atom. The number of nitrogens with one attached hydrogen (secondary N) is 1. The minimum absolute atomic E-state index is 0.228. The van der Waals surface area contributed by atoms with Crippen molar-refractivity contribution in [3.8, 4) is 5.75 Å². The van der Waals surface area contributed by atoms with Crippen molar-refractivity contribution < 1.29 is 9.26 Å². The molecule has 6 heteroatoms. The lowest BCUT2D eigenvalue weighted by Gasteiger charge is -2.05. The van der Waals surface area contributed by atoms with Crippen LogP contribution in [0.5, 0.6) is 5.75 Å². The molecule has 1 aliphatic carbocycles. The van der Waals surface area contributed by atoms with E-state index in [0.29, 0.717) is 23.5 Å². The Kier molecular flexibility index (Phi) is 4.15. The van der Waals surface area contributed by atoms with Crippen molar-refractivity contribution in [2.24, 2.45) is 0 Å². The number of nitrogens with zero attached hydrogens (tertiary/aromatic N) is 3. The van der Waals surface area contributed by atoms with Gasteiger partial charge in [0.05, 0.1) is 11.9 Å². The van der Waals surface area contributed by atoms with Crippen molar-refractivity contribution in [1.82, 2.24) is 20.4 Å². The molecule has 0 unspecified atom stereocenters. The van der Waals surface area contributed by atoms with E-state index in [0.717, 1.165) is 12.2 Å². The van der Waals surface area contributed by atoms with Crippen LogP contribution >= 0.6 is 0 Å². The molecule has 0 saturated heterocycles. The van der Waals surface area contributed by atoms with Gasteiger partial charge in [-0.3, -0.25) is 4.98 Å². The summed E-state index contributed by atoms with van der Waals surface area (Å²) in [5, 5.41) is 7.31. The Morgan fingerprint density at radius 1 is 1.38 bits per heavy atom. The third-order valence-electron chi connectivity index (χ3n) is 3.29. The second-order valence-corrected chi connectivity index (χ2v) is 5.63. The third kappa shape index (κ3) is 4.01. The van der Waals surface area contributed by atoms with Crippen LogP contribution < -0.4 is 10.1 Å². The fraction of sp³-hybridized carbons (Fsp3) is 0.533. The zero-order valence-corrected chi connectivity index (χ0v) is 12.4. The van der Waals surface area contributed by atoms with Crippen molar-refractivity contribution in [2.75, 3.05) is 0 Å². The first-order valence-corrected chi connectivity index (χ1v) is 7.34. The number of hydrogen-bond donors (Lipinski definition) is 1. The van der Waals surface area contributed by atoms with Crippen LogP contribution in [0.15, 0.2) is 22.9 Å². The first kappa shape index (κ1) is 14.0. The van der Waals surface area contributed by atoms with Gasteiger partial charge in [-0.2, -0.15) is 4.98 Å². The minimum Gasteiger partial charge on any atom is -0.484 e. The predicted molar refractivity (Wildman–Crippen MR) is 76.8 cm³/mol. The summed E-state index contributed by atoms with van der Waals surface area (Å²) in [6.07, 6.45) is 4.29. The number of pyridine rings is 1. The van der Waals surface area contributed by atoms with Crippen molar-refractivity contribution in [2.45, 2.75) is 51.8 Å². The summed E-state index contributed by atoms with van der Waals surface area (Å²) in [4.78, 5) is 8.64. The first-order chi connectivity index (χ1) is 10.2. The van der Waals surface area contributed by atoms with E-state index in [4.69, 9.17) is 9.26 Å². The summed E-state index contributed by atoms with van der Waals surface area (Å²) in [5.74, 6) is 2.12. The van der Waals surface area contributed by atoms with Crippen LogP contribution in [-0.2, 0) is 13.2 Å². The van der Waals surface area contributed by atoms with Crippen LogP contribution in [0.4, 0.5) is 0 Å². The number of rotatable bonds is 7. The van der Waals surface area contributed by atoms with Gasteiger partial charge in [-0.25, -0.2) is 0 Å². The van der Waals surface area contributed by atoms with Crippen molar-refractivity contribution >= 4 is 0 Å². The molecular weight excluding hydrogens is 268 g/mol. The molecule has 3 rings (SSSR count). The second-order valence-electron chi connectivity index (χ2n) is 5.63. The van der Waals surface area contributed by atoms with Gasteiger partial charge in [0.25, 0.3) is 0 Å². The van der Waals surface area contributed by atoms with Crippen molar-refractivity contribution in [1.29, 1.82) is 0 Å². The van der Waals surface area contributed by atoms with Gasteiger partial charge in [-0.1, -0.05) is 19.0 Å². The van der Waals surface area contributed by atoms with Gasteiger partial charge in [0.2, 0.25) is 11.7 Å². The average molecular weight is 288 g/mol. The Labute approximate surface area is 123 Å². The monoisotopic (exact) mass is 288 g/mol. The lowest BCUT2D eigenvalue weighted by atomic mass is 10.2. The second kappa shape index (κ2) is 6.22. The van der Waals surface area contributed by atoms with Gasteiger partial charge < -0.3 is 14.6 Å². The quantitative estimate of drug-likeness (QED) is 0.843. The van der Waals surface area contributed by atoms with Gasteiger partial charge in [0.1, 0.15) is 5.75 Å². The standard InChI is InChI=1S/C15H20N4O2/c1-10(2)15-18-14(19-21-15)9-20-13-6-5-12(17-8-13)7-16-11-3-4-11/h5-6,8,10-11,16H,3-4,7,9H2,1-2H3. The normalized spacial score (nSPS) is 14.6. The highest BCUT2D eigenvalue weighted by molar-refractivity contribution is 5.20. The maximum Gasteiger partial charge on any atom is 0.229 e. The molecule has 21 heavy (non-hydrogen) atoms. The Balaban J connectivity index is 1.49. The molecule has 0 radical (unpaired) electrons. The molecule has 2 aromatic rings. The molecular formula is C15H20N4O2. The molecule has 0 aliphatic heterocycles. The van der Waals surface area contributed by atoms with Crippen molar-refractivity contribution in [3.63, 3.8) is 0 Å². The van der Waals surface area contributed by atoms with Crippen LogP contribution in [0.3, 0.4) is 0 Å². The largest absolute Gasteiger partial charge is 0.484 e. The van der Waals surface area contributed by atoms with Gasteiger partial charge >= 0.3 is 0 Å². The molecule has 0 spiro atoms. The molecule has 1 saturated carbocycles. The van der Waals surface area contributed by atoms with E-state index in [1.165, 1.54) is 12.8 Å². The number of hydrogen-bond acceptors (Lipinski definition) is 6. The Hall–Kier alpha value is -1.95. The smallest absolute Gasteiger partial charge is 0.229 e. The van der Waals surface area contributed by atoms with Gasteiger partial charge in [-0.05, 0) is 25.0 Å². The average Bonchev–Trinajstić information content (AvgIpc) is 3.19. The summed E-state index contributed by atoms with van der Waals surface area (Å²) in [7, 11) is 0. The van der Waals surface area contributed by atoms with E-state index >= 15 is 0 Å². The number of ether oxygens (including phenoxy) is 1. The summed E-state index contributed by atoms with van der Waals surface area (Å²) in [6, 6.07) is 4.58. The van der Waals surface area contributed by atoms with Crippen LogP contribution in [0.25, 0.3) is 0 Å². The van der Waals surface area contributed by atoms with E-state index in [2.05, 4.69) is 20.4 Å². The highest BCUT2D eigenvalue weighted by atomic mass is 16.5. The fourth-order valence-electron chi connectivity index (χ4n) is 1.85. The summed E-state index contributed by atoms with van der Waals surface area (Å²) in [5.41, 5.74) is 1.02. The van der Waals surface area contributed by atoms with Crippen molar-refractivity contribution in [3.05, 3.63) is 35.7 Å². The summed E-state index contributed by atoms with van der Waals surface area (Å²) >= 11 is 0. The van der Waals surface area contributed by atoms with Gasteiger partial charge in [-0.15, -0.1) is 0 Å². The molecule has 6 nitrogen and oxygen atoms in total. The lowest BCUT2D eigenvalue weighted by Crippen LogP contribution is -2.16. The van der Waals surface area contributed by atoms with Gasteiger partial charge in [0, 0.05) is 18.5 Å². The topological polar surface area (TPSA) is 73.1 Å². The Bertz CT molecular complexity index is 576. The highest BCUT2D eigenvalue weighted by Crippen LogP contribution is 2.19. The molecule has 112 valence electrons. The summed E-state index contributed by atoms with van der Waals surface area (Å²) < 4.78 is 10.7. The van der Waals surface area contributed by atoms with Crippen LogP contribution in [0, 0.1) is 0 Å². The molecule has 1 aliphatic rings. The number of aromatic nitrogens is 3. The minimum atomic E-state index is 0.228. The zero-order valence-electron chi connectivity index (χ0n) is 12.4. The molecule has 0 amide bonds. The van der Waals surface area contributed by atoms with E-state index in [-0.39, 0.29) is 12.5 Å². The van der Waals surface area contributed by atoms with Crippen LogP contribution in [-0.4, -0.2) is 21.2 Å². The van der Waals surface area contributed by atoms with Gasteiger partial charge in [0.15, 0.2) is 6.61 Å². The van der Waals surface area contributed by atoms with Crippen LogP contribution in [0.1, 0.15) is 50.0 Å². The predicted octanol–water partition coefficient (Wildman–Crippen LogP) is 2.42. The Morgan fingerprint density at radius 2 is 2.24 bits per heavy atom. The maximum absolute atomic E-state index is 5.61. The van der Waals surface area contributed by atoms with E-state index < -0.39 is 0 Å². The van der Waals surface area contributed by atoms with E-state index in [1.54, 1.807) is 6.20 Å². The fourth-order valence-corrected chi connectivity index (χ4v) is 1.85. The molecule has 1 N–H and O–H groups in total. The molecule has 2 aromatic heterocycles. The van der Waals surface area contributed by atoms with E-state index in [9.17, 15) is 0 Å². The zero-order chi connectivity index (χ0) is 14.7. The van der Waals surface area contributed by atoms with E-state index in [1.807, 2.05) is 26.0 Å². The highest BCUT2D eigenvalue weighted by Gasteiger charge is 2.20.